The van der Waals surface area contributed by atoms with Crippen molar-refractivity contribution < 1.29 is 42.9 Å². The molecule has 1 rings (SSSR count). The molecule has 2 unspecified atom stereocenters. The van der Waals surface area contributed by atoms with Gasteiger partial charge in [0.1, 0.15) is 18.7 Å². The van der Waals surface area contributed by atoms with Crippen LogP contribution in [0.1, 0.15) is 72.3 Å². The topological polar surface area (TPSA) is 177 Å². The average Bonchev–Trinajstić information content (AvgIpc) is 3.05. The van der Waals surface area contributed by atoms with Crippen LogP contribution in [0, 0.1) is 11.8 Å². The lowest BCUT2D eigenvalue weighted by Crippen LogP contribution is -2.54. The van der Waals surface area contributed by atoms with E-state index in [-0.39, 0.29) is 31.5 Å². The molecule has 278 valence electrons. The van der Waals surface area contributed by atoms with Crippen molar-refractivity contribution in [2.75, 3.05) is 64.7 Å². The van der Waals surface area contributed by atoms with Crippen LogP contribution in [0.25, 0.3) is 0 Å². The highest BCUT2D eigenvalue weighted by molar-refractivity contribution is 5.98. The summed E-state index contributed by atoms with van der Waals surface area (Å²) in [6, 6.07) is 5.15. The second-order valence-electron chi connectivity index (χ2n) is 12.6. The largest absolute Gasteiger partial charge is 0.457 e. The Morgan fingerprint density at radius 3 is 1.86 bits per heavy atom. The summed E-state index contributed by atoms with van der Waals surface area (Å²) in [6.07, 6.45) is 2.79. The summed E-state index contributed by atoms with van der Waals surface area (Å²) in [4.78, 5) is 50.8. The first kappa shape index (κ1) is 43.7. The van der Waals surface area contributed by atoms with Crippen molar-refractivity contribution in [3.8, 4) is 0 Å². The minimum absolute atomic E-state index is 0.0687. The minimum Gasteiger partial charge on any atom is -0.457 e. The standard InChI is InChI=1S/C36H60N4O9/c1-26(2)14-17-45-19-21-47-23-24-48-22-20-46-18-15-32(41)40-33(27(3)4)35(43)39-31(9-7-8-16-37)34(42)38-30-12-10-29(11-13-30)25-49-36(44)28(5)6/h10-13,26-27,31,33H,5,7-9,14-25,37H2,1-4,6H3,(H,38,42)(H,39,43)(H,40,41). The lowest BCUT2D eigenvalue weighted by molar-refractivity contribution is -0.140. The molecule has 3 amide bonds. The first-order chi connectivity index (χ1) is 23.4. The summed E-state index contributed by atoms with van der Waals surface area (Å²) in [5.41, 5.74) is 7.22. The number of amides is 3. The molecule has 49 heavy (non-hydrogen) atoms. The van der Waals surface area contributed by atoms with Crippen LogP contribution in [0.15, 0.2) is 36.4 Å². The summed E-state index contributed by atoms with van der Waals surface area (Å²) in [7, 11) is 0. The van der Waals surface area contributed by atoms with E-state index < -0.39 is 29.9 Å². The predicted molar refractivity (Wildman–Crippen MR) is 189 cm³/mol. The van der Waals surface area contributed by atoms with Gasteiger partial charge >= 0.3 is 5.97 Å². The molecule has 0 radical (unpaired) electrons. The van der Waals surface area contributed by atoms with E-state index in [9.17, 15) is 19.2 Å². The Morgan fingerprint density at radius 1 is 0.755 bits per heavy atom. The third-order valence-electron chi connectivity index (χ3n) is 7.21. The molecular formula is C36H60N4O9. The first-order valence-electron chi connectivity index (χ1n) is 17.3. The summed E-state index contributed by atoms with van der Waals surface area (Å²) in [5, 5.41) is 8.43. The Morgan fingerprint density at radius 2 is 1.33 bits per heavy atom. The van der Waals surface area contributed by atoms with Gasteiger partial charge in [0, 0.05) is 24.3 Å². The second kappa shape index (κ2) is 26.5. The van der Waals surface area contributed by atoms with Gasteiger partial charge in [0.05, 0.1) is 46.2 Å². The van der Waals surface area contributed by atoms with E-state index >= 15 is 0 Å². The number of hydrogen-bond donors (Lipinski definition) is 4. The van der Waals surface area contributed by atoms with Crippen LogP contribution in [0.5, 0.6) is 0 Å². The van der Waals surface area contributed by atoms with Crippen molar-refractivity contribution in [1.29, 1.82) is 0 Å². The van der Waals surface area contributed by atoms with E-state index in [2.05, 4.69) is 36.4 Å². The summed E-state index contributed by atoms with van der Waals surface area (Å²) >= 11 is 0. The van der Waals surface area contributed by atoms with Crippen LogP contribution in [-0.4, -0.2) is 95.2 Å². The Hall–Kier alpha value is -3.36. The molecule has 0 bridgehead atoms. The quantitative estimate of drug-likeness (QED) is 0.0578. The number of carbonyl (C=O) groups is 4. The third-order valence-corrected chi connectivity index (χ3v) is 7.21. The van der Waals surface area contributed by atoms with E-state index in [1.807, 2.05) is 13.8 Å². The van der Waals surface area contributed by atoms with E-state index in [1.165, 1.54) is 0 Å². The molecule has 0 spiro atoms. The van der Waals surface area contributed by atoms with Crippen molar-refractivity contribution in [3.63, 3.8) is 0 Å². The molecule has 13 nitrogen and oxygen atoms in total. The van der Waals surface area contributed by atoms with Gasteiger partial charge in [-0.15, -0.1) is 0 Å². The number of unbranched alkanes of at least 4 members (excludes halogenated alkanes) is 1. The number of rotatable bonds is 28. The van der Waals surface area contributed by atoms with Gasteiger partial charge in [0.2, 0.25) is 17.7 Å². The van der Waals surface area contributed by atoms with Gasteiger partial charge in [-0.3, -0.25) is 14.4 Å². The molecule has 0 saturated carbocycles. The van der Waals surface area contributed by atoms with E-state index in [1.54, 1.807) is 31.2 Å². The van der Waals surface area contributed by atoms with Crippen LogP contribution in [0.2, 0.25) is 0 Å². The number of benzene rings is 1. The van der Waals surface area contributed by atoms with Gasteiger partial charge in [0.25, 0.3) is 0 Å². The van der Waals surface area contributed by atoms with Gasteiger partial charge in [-0.05, 0) is 68.7 Å². The van der Waals surface area contributed by atoms with Gasteiger partial charge in [-0.2, -0.15) is 0 Å². The number of esters is 1. The maximum absolute atomic E-state index is 13.3. The fourth-order valence-corrected chi connectivity index (χ4v) is 4.24. The molecule has 2 atom stereocenters. The van der Waals surface area contributed by atoms with Crippen LogP contribution in [0.3, 0.4) is 0 Å². The molecule has 0 fully saturated rings. The van der Waals surface area contributed by atoms with Crippen LogP contribution >= 0.6 is 0 Å². The molecule has 5 N–H and O–H groups in total. The smallest absolute Gasteiger partial charge is 0.333 e. The van der Waals surface area contributed by atoms with Crippen molar-refractivity contribution in [3.05, 3.63) is 42.0 Å². The number of anilines is 1. The number of nitrogens with one attached hydrogen (secondary N) is 3. The monoisotopic (exact) mass is 692 g/mol. The van der Waals surface area contributed by atoms with E-state index in [0.717, 1.165) is 18.6 Å². The molecule has 0 heterocycles. The zero-order valence-corrected chi connectivity index (χ0v) is 30.2. The molecule has 1 aromatic rings. The van der Waals surface area contributed by atoms with Crippen molar-refractivity contribution in [2.24, 2.45) is 17.6 Å². The first-order valence-corrected chi connectivity index (χ1v) is 17.3. The number of ether oxygens (including phenoxy) is 5. The molecule has 0 aliphatic rings. The van der Waals surface area contributed by atoms with E-state index in [4.69, 9.17) is 29.4 Å². The highest BCUT2D eigenvalue weighted by Gasteiger charge is 2.28. The Labute approximate surface area is 292 Å². The van der Waals surface area contributed by atoms with Crippen LogP contribution in [0.4, 0.5) is 5.69 Å². The second-order valence-corrected chi connectivity index (χ2v) is 12.6. The molecule has 13 heteroatoms. The normalized spacial score (nSPS) is 12.4. The number of nitrogens with two attached hydrogens (primary N) is 1. The summed E-state index contributed by atoms with van der Waals surface area (Å²) in [6.45, 7) is 17.2. The third kappa shape index (κ3) is 21.4. The van der Waals surface area contributed by atoms with Crippen LogP contribution < -0.4 is 21.7 Å². The molecule has 0 saturated heterocycles. The Kier molecular flexibility index (Phi) is 23.6. The average molecular weight is 693 g/mol. The Bertz CT molecular complexity index is 1110. The van der Waals surface area contributed by atoms with Crippen molar-refractivity contribution in [1.82, 2.24) is 10.6 Å². The maximum atomic E-state index is 13.3. The lowest BCUT2D eigenvalue weighted by Gasteiger charge is -2.25. The zero-order valence-electron chi connectivity index (χ0n) is 30.2. The molecule has 1 aromatic carbocycles. The van der Waals surface area contributed by atoms with Crippen LogP contribution in [-0.2, 0) is 49.5 Å². The zero-order chi connectivity index (χ0) is 36.4. The predicted octanol–water partition coefficient (Wildman–Crippen LogP) is 3.50. The fourth-order valence-electron chi connectivity index (χ4n) is 4.24. The fraction of sp³-hybridized carbons (Fsp3) is 0.667. The van der Waals surface area contributed by atoms with Gasteiger partial charge in [-0.25, -0.2) is 4.79 Å². The highest BCUT2D eigenvalue weighted by atomic mass is 16.6. The van der Waals surface area contributed by atoms with Gasteiger partial charge < -0.3 is 45.4 Å². The minimum atomic E-state index is -0.845. The Balaban J connectivity index is 2.47. The number of carbonyl (C=O) groups excluding carboxylic acids is 4. The number of hydrogen-bond acceptors (Lipinski definition) is 10. The van der Waals surface area contributed by atoms with Gasteiger partial charge in [-0.1, -0.05) is 46.4 Å². The van der Waals surface area contributed by atoms with E-state index in [0.29, 0.717) is 82.6 Å². The maximum Gasteiger partial charge on any atom is 0.333 e. The SMILES string of the molecule is C=C(C)C(=O)OCc1ccc(NC(=O)C(CCCCN)NC(=O)C(NC(=O)CCOCCOCCOCCOCCC(C)C)C(C)C)cc1. The molecule has 0 aliphatic carbocycles. The summed E-state index contributed by atoms with van der Waals surface area (Å²) in [5.74, 6) is -1.27. The molecular weight excluding hydrogens is 632 g/mol. The molecule has 0 aromatic heterocycles. The summed E-state index contributed by atoms with van der Waals surface area (Å²) < 4.78 is 27.1. The van der Waals surface area contributed by atoms with Gasteiger partial charge in [0.15, 0.2) is 0 Å². The highest BCUT2D eigenvalue weighted by Crippen LogP contribution is 2.13. The van der Waals surface area contributed by atoms with Crippen molar-refractivity contribution in [2.45, 2.75) is 85.4 Å². The van der Waals surface area contributed by atoms with Crippen molar-refractivity contribution >= 4 is 29.4 Å². The molecule has 0 aliphatic heterocycles. The lowest BCUT2D eigenvalue weighted by atomic mass is 10.0.